The summed E-state index contributed by atoms with van der Waals surface area (Å²) in [5.74, 6) is -0.164. The van der Waals surface area contributed by atoms with Crippen molar-refractivity contribution in [2.45, 2.75) is 11.3 Å². The van der Waals surface area contributed by atoms with E-state index in [0.29, 0.717) is 44.8 Å². The summed E-state index contributed by atoms with van der Waals surface area (Å²) in [4.78, 5) is 15.3. The monoisotopic (exact) mass is 450 g/mol. The number of anilines is 1. The fourth-order valence-electron chi connectivity index (χ4n) is 3.70. The zero-order valence-electron chi connectivity index (χ0n) is 17.8. The quantitative estimate of drug-likeness (QED) is 0.552. The van der Waals surface area contributed by atoms with Gasteiger partial charge in [0.25, 0.3) is 5.91 Å². The highest BCUT2D eigenvalue weighted by Crippen LogP contribution is 2.21. The lowest BCUT2D eigenvalue weighted by Crippen LogP contribution is -2.40. The number of para-hydroxylation sites is 1. The van der Waals surface area contributed by atoms with Crippen LogP contribution in [0.25, 0.3) is 0 Å². The number of rotatable bonds is 7. The molecule has 0 aliphatic carbocycles. The molecule has 166 valence electrons. The molecule has 7 heteroatoms. The van der Waals surface area contributed by atoms with Crippen LogP contribution in [0.15, 0.2) is 89.8 Å². The van der Waals surface area contributed by atoms with Gasteiger partial charge in [-0.2, -0.15) is 4.31 Å². The average Bonchev–Trinajstić information content (AvgIpc) is 2.86. The molecule has 1 fully saturated rings. The Morgan fingerprint density at radius 2 is 1.44 bits per heavy atom. The van der Waals surface area contributed by atoms with Gasteiger partial charge in [-0.15, -0.1) is 0 Å². The SMILES string of the molecule is O=C(c1ccc(S(=O)(=O)N2CCOCC2)cc1)N(CCc1ccccc1)c1ccccc1. The van der Waals surface area contributed by atoms with Gasteiger partial charge in [0.2, 0.25) is 10.0 Å². The molecule has 0 N–H and O–H groups in total. The molecule has 4 rings (SSSR count). The lowest BCUT2D eigenvalue weighted by molar-refractivity contribution is 0.0730. The van der Waals surface area contributed by atoms with E-state index in [-0.39, 0.29) is 10.8 Å². The maximum Gasteiger partial charge on any atom is 0.258 e. The first-order valence-electron chi connectivity index (χ1n) is 10.6. The maximum absolute atomic E-state index is 13.4. The minimum Gasteiger partial charge on any atom is -0.379 e. The molecule has 0 aromatic heterocycles. The summed E-state index contributed by atoms with van der Waals surface area (Å²) >= 11 is 0. The van der Waals surface area contributed by atoms with Crippen molar-refractivity contribution in [1.82, 2.24) is 4.31 Å². The predicted octanol–water partition coefficient (Wildman–Crippen LogP) is 3.60. The summed E-state index contributed by atoms with van der Waals surface area (Å²) in [6.07, 6.45) is 0.713. The van der Waals surface area contributed by atoms with E-state index in [2.05, 4.69) is 0 Å². The van der Waals surface area contributed by atoms with Crippen molar-refractivity contribution < 1.29 is 17.9 Å². The van der Waals surface area contributed by atoms with Crippen molar-refractivity contribution in [3.05, 3.63) is 96.1 Å². The zero-order valence-corrected chi connectivity index (χ0v) is 18.6. The Morgan fingerprint density at radius 1 is 0.844 bits per heavy atom. The number of hydrogen-bond acceptors (Lipinski definition) is 4. The molecular weight excluding hydrogens is 424 g/mol. The molecule has 0 radical (unpaired) electrons. The number of carbonyl (C=O) groups excluding carboxylic acids is 1. The Bertz CT molecular complexity index is 1130. The predicted molar refractivity (Wildman–Crippen MR) is 124 cm³/mol. The van der Waals surface area contributed by atoms with Gasteiger partial charge in [0.15, 0.2) is 0 Å². The summed E-state index contributed by atoms with van der Waals surface area (Å²) in [5.41, 5.74) is 2.40. The molecule has 1 aliphatic heterocycles. The Hall–Kier alpha value is -3.00. The number of nitrogens with zero attached hydrogens (tertiary/aromatic N) is 2. The molecule has 0 spiro atoms. The molecule has 1 saturated heterocycles. The highest BCUT2D eigenvalue weighted by Gasteiger charge is 2.27. The Kier molecular flexibility index (Phi) is 6.99. The molecule has 0 bridgehead atoms. The van der Waals surface area contributed by atoms with Crippen LogP contribution >= 0.6 is 0 Å². The molecule has 6 nitrogen and oxygen atoms in total. The molecule has 0 unspecified atom stereocenters. The van der Waals surface area contributed by atoms with Crippen molar-refractivity contribution >= 4 is 21.6 Å². The molecule has 3 aromatic carbocycles. The van der Waals surface area contributed by atoms with E-state index in [1.807, 2.05) is 60.7 Å². The van der Waals surface area contributed by atoms with E-state index in [0.717, 1.165) is 11.3 Å². The lowest BCUT2D eigenvalue weighted by atomic mass is 10.1. The van der Waals surface area contributed by atoms with Gasteiger partial charge < -0.3 is 9.64 Å². The first-order valence-corrected chi connectivity index (χ1v) is 12.1. The summed E-state index contributed by atoms with van der Waals surface area (Å²) in [6, 6.07) is 25.7. The minimum atomic E-state index is -3.59. The zero-order chi connectivity index (χ0) is 22.4. The Morgan fingerprint density at radius 3 is 2.06 bits per heavy atom. The van der Waals surface area contributed by atoms with Crippen molar-refractivity contribution in [3.63, 3.8) is 0 Å². The van der Waals surface area contributed by atoms with E-state index in [4.69, 9.17) is 4.74 Å². The van der Waals surface area contributed by atoms with Crippen LogP contribution in [0.1, 0.15) is 15.9 Å². The van der Waals surface area contributed by atoms with Crippen molar-refractivity contribution in [2.75, 3.05) is 37.7 Å². The second-order valence-electron chi connectivity index (χ2n) is 7.57. The average molecular weight is 451 g/mol. The van der Waals surface area contributed by atoms with Crippen LogP contribution in [0.5, 0.6) is 0 Å². The van der Waals surface area contributed by atoms with Gasteiger partial charge in [0, 0.05) is 30.9 Å². The third kappa shape index (κ3) is 5.07. The van der Waals surface area contributed by atoms with Gasteiger partial charge >= 0.3 is 0 Å². The van der Waals surface area contributed by atoms with Gasteiger partial charge in [-0.1, -0.05) is 48.5 Å². The van der Waals surface area contributed by atoms with E-state index >= 15 is 0 Å². The number of morpholine rings is 1. The topological polar surface area (TPSA) is 66.9 Å². The number of sulfonamides is 1. The summed E-state index contributed by atoms with van der Waals surface area (Å²) in [7, 11) is -3.59. The lowest BCUT2D eigenvalue weighted by Gasteiger charge is -2.26. The smallest absolute Gasteiger partial charge is 0.258 e. The van der Waals surface area contributed by atoms with Gasteiger partial charge in [0.1, 0.15) is 0 Å². The van der Waals surface area contributed by atoms with Crippen LogP contribution in [0.4, 0.5) is 5.69 Å². The number of hydrogen-bond donors (Lipinski definition) is 0. The number of carbonyl (C=O) groups is 1. The first kappa shape index (κ1) is 22.2. The summed E-state index contributed by atoms with van der Waals surface area (Å²) in [6.45, 7) is 1.97. The third-order valence-corrected chi connectivity index (χ3v) is 7.40. The number of benzene rings is 3. The van der Waals surface area contributed by atoms with Crippen LogP contribution in [0, 0.1) is 0 Å². The second-order valence-corrected chi connectivity index (χ2v) is 9.51. The Labute approximate surface area is 189 Å². The highest BCUT2D eigenvalue weighted by molar-refractivity contribution is 7.89. The number of amides is 1. The molecule has 32 heavy (non-hydrogen) atoms. The molecule has 1 aliphatic rings. The Balaban J connectivity index is 1.55. The van der Waals surface area contributed by atoms with Gasteiger partial charge in [-0.05, 0) is 48.4 Å². The summed E-state index contributed by atoms with van der Waals surface area (Å²) < 4.78 is 32.4. The van der Waals surface area contributed by atoms with E-state index in [1.54, 1.807) is 17.0 Å². The molecule has 0 saturated carbocycles. The fourth-order valence-corrected chi connectivity index (χ4v) is 5.11. The third-order valence-electron chi connectivity index (χ3n) is 5.49. The van der Waals surface area contributed by atoms with Crippen LogP contribution in [-0.2, 0) is 21.2 Å². The van der Waals surface area contributed by atoms with Gasteiger partial charge in [0.05, 0.1) is 18.1 Å². The van der Waals surface area contributed by atoms with E-state index < -0.39 is 10.0 Å². The van der Waals surface area contributed by atoms with Crippen molar-refractivity contribution in [2.24, 2.45) is 0 Å². The first-order chi connectivity index (χ1) is 15.6. The fraction of sp³-hybridized carbons (Fsp3) is 0.240. The standard InChI is InChI=1S/C25H26N2O4S/c28-25(22-11-13-24(14-12-22)32(29,30)26-17-19-31-20-18-26)27(23-9-5-2-6-10-23)16-15-21-7-3-1-4-8-21/h1-14H,15-20H2. The van der Waals surface area contributed by atoms with Gasteiger partial charge in [-0.25, -0.2) is 8.42 Å². The van der Waals surface area contributed by atoms with Crippen LogP contribution in [0.3, 0.4) is 0 Å². The van der Waals surface area contributed by atoms with Crippen LogP contribution in [-0.4, -0.2) is 51.5 Å². The molecule has 3 aromatic rings. The molecule has 0 atom stereocenters. The van der Waals surface area contributed by atoms with Gasteiger partial charge in [-0.3, -0.25) is 4.79 Å². The maximum atomic E-state index is 13.4. The minimum absolute atomic E-state index is 0.164. The number of ether oxygens (including phenoxy) is 1. The van der Waals surface area contributed by atoms with Crippen molar-refractivity contribution in [3.8, 4) is 0 Å². The summed E-state index contributed by atoms with van der Waals surface area (Å²) in [5, 5.41) is 0. The highest BCUT2D eigenvalue weighted by atomic mass is 32.2. The van der Waals surface area contributed by atoms with Crippen LogP contribution < -0.4 is 4.90 Å². The molecule has 1 amide bonds. The van der Waals surface area contributed by atoms with E-state index in [1.165, 1.54) is 16.4 Å². The van der Waals surface area contributed by atoms with Crippen molar-refractivity contribution in [1.29, 1.82) is 0 Å². The normalized spacial score (nSPS) is 14.8. The van der Waals surface area contributed by atoms with Crippen LogP contribution in [0.2, 0.25) is 0 Å². The molecule has 1 heterocycles. The largest absolute Gasteiger partial charge is 0.379 e. The second kappa shape index (κ2) is 10.1. The van der Waals surface area contributed by atoms with E-state index in [9.17, 15) is 13.2 Å². The molecular formula is C25H26N2O4S.